The lowest BCUT2D eigenvalue weighted by molar-refractivity contribution is -0.138. The van der Waals surface area contributed by atoms with Crippen LogP contribution in [-0.4, -0.2) is 65.4 Å². The van der Waals surface area contributed by atoms with E-state index in [1.165, 1.54) is 5.56 Å². The van der Waals surface area contributed by atoms with Crippen molar-refractivity contribution in [3.63, 3.8) is 0 Å². The Morgan fingerprint density at radius 1 is 1.29 bits per heavy atom. The first kappa shape index (κ1) is 18.8. The molecule has 28 heavy (non-hydrogen) atoms. The van der Waals surface area contributed by atoms with Gasteiger partial charge in [0.25, 0.3) is 0 Å². The molecule has 0 radical (unpaired) electrons. The molecule has 0 aliphatic carbocycles. The summed E-state index contributed by atoms with van der Waals surface area (Å²) in [5.74, 6) is 1.75. The zero-order chi connectivity index (χ0) is 19.5. The Morgan fingerprint density at radius 3 is 2.82 bits per heavy atom. The molecular weight excluding hydrogens is 356 g/mol. The fourth-order valence-electron chi connectivity index (χ4n) is 3.96. The van der Waals surface area contributed by atoms with E-state index in [1.807, 2.05) is 34.0 Å². The van der Waals surface area contributed by atoms with E-state index < -0.39 is 0 Å². The van der Waals surface area contributed by atoms with Crippen molar-refractivity contribution in [3.05, 3.63) is 41.7 Å². The molecule has 0 N–H and O–H groups in total. The van der Waals surface area contributed by atoms with Crippen molar-refractivity contribution in [1.82, 2.24) is 19.6 Å². The van der Waals surface area contributed by atoms with Gasteiger partial charge in [-0.2, -0.15) is 5.10 Å². The quantitative estimate of drug-likeness (QED) is 0.787. The van der Waals surface area contributed by atoms with E-state index in [-0.39, 0.29) is 11.8 Å². The van der Waals surface area contributed by atoms with E-state index in [0.717, 1.165) is 56.3 Å². The summed E-state index contributed by atoms with van der Waals surface area (Å²) in [6.45, 7) is 7.63. The number of benzene rings is 1. The van der Waals surface area contributed by atoms with Crippen molar-refractivity contribution in [3.8, 4) is 11.5 Å². The largest absolute Gasteiger partial charge is 0.497 e. The highest BCUT2D eigenvalue weighted by atomic mass is 16.5. The van der Waals surface area contributed by atoms with Crippen molar-refractivity contribution in [1.29, 1.82) is 0 Å². The van der Waals surface area contributed by atoms with Gasteiger partial charge in [0.15, 0.2) is 0 Å². The highest BCUT2D eigenvalue weighted by Gasteiger charge is 2.31. The number of hydrogen-bond donors (Lipinski definition) is 0. The first-order valence-corrected chi connectivity index (χ1v) is 9.98. The maximum absolute atomic E-state index is 13.0. The van der Waals surface area contributed by atoms with Gasteiger partial charge in [-0.05, 0) is 37.1 Å². The Labute approximate surface area is 165 Å². The Balaban J connectivity index is 1.31. The van der Waals surface area contributed by atoms with Crippen molar-refractivity contribution in [2.75, 3.05) is 39.9 Å². The molecule has 1 atom stereocenters. The lowest BCUT2D eigenvalue weighted by Gasteiger charge is -2.37. The minimum atomic E-state index is -0.117. The number of amides is 1. The van der Waals surface area contributed by atoms with Crippen LogP contribution in [0.5, 0.6) is 11.5 Å². The number of piperazine rings is 1. The van der Waals surface area contributed by atoms with Crippen molar-refractivity contribution in [2.24, 2.45) is 5.92 Å². The lowest BCUT2D eigenvalue weighted by atomic mass is 9.95. The SMILES string of the molecule is CCn1cc(CN2CCN(C(=O)[C@H]3COc4ccc(OC)cc4C3)CC2)cn1. The molecule has 0 unspecified atom stereocenters. The highest BCUT2D eigenvalue weighted by molar-refractivity contribution is 5.80. The molecule has 150 valence electrons. The number of hydrogen-bond acceptors (Lipinski definition) is 5. The third-order valence-electron chi connectivity index (χ3n) is 5.62. The van der Waals surface area contributed by atoms with Gasteiger partial charge in [0.1, 0.15) is 18.1 Å². The molecule has 2 aromatic rings. The monoisotopic (exact) mass is 384 g/mol. The second-order valence-electron chi connectivity index (χ2n) is 7.49. The molecule has 1 aromatic heterocycles. The summed E-state index contributed by atoms with van der Waals surface area (Å²) in [6.07, 6.45) is 4.75. The van der Waals surface area contributed by atoms with Gasteiger partial charge in [-0.1, -0.05) is 0 Å². The molecule has 0 saturated carbocycles. The molecule has 2 aliphatic heterocycles. The predicted molar refractivity (Wildman–Crippen MR) is 105 cm³/mol. The third kappa shape index (κ3) is 3.99. The molecule has 3 heterocycles. The molecule has 0 bridgehead atoms. The summed E-state index contributed by atoms with van der Waals surface area (Å²) < 4.78 is 13.1. The molecule has 2 aliphatic rings. The van der Waals surface area contributed by atoms with Crippen LogP contribution in [0.4, 0.5) is 0 Å². The van der Waals surface area contributed by atoms with Gasteiger partial charge in [0.2, 0.25) is 5.91 Å². The first-order chi connectivity index (χ1) is 13.7. The second-order valence-corrected chi connectivity index (χ2v) is 7.49. The zero-order valence-corrected chi connectivity index (χ0v) is 16.6. The Morgan fingerprint density at radius 2 is 2.11 bits per heavy atom. The Kier molecular flexibility index (Phi) is 5.52. The first-order valence-electron chi connectivity index (χ1n) is 9.98. The molecule has 1 saturated heterocycles. The van der Waals surface area contributed by atoms with Gasteiger partial charge in [-0.25, -0.2) is 0 Å². The average Bonchev–Trinajstić information content (AvgIpc) is 3.20. The Bertz CT molecular complexity index is 827. The summed E-state index contributed by atoms with van der Waals surface area (Å²) in [6, 6.07) is 5.79. The number of fused-ring (bicyclic) bond motifs is 1. The molecule has 1 aromatic carbocycles. The average molecular weight is 384 g/mol. The smallest absolute Gasteiger partial charge is 0.229 e. The maximum Gasteiger partial charge on any atom is 0.229 e. The second kappa shape index (κ2) is 8.22. The maximum atomic E-state index is 13.0. The lowest BCUT2D eigenvalue weighted by Crippen LogP contribution is -2.51. The number of carbonyl (C=O) groups is 1. The number of nitrogens with zero attached hydrogens (tertiary/aromatic N) is 4. The summed E-state index contributed by atoms with van der Waals surface area (Å²) >= 11 is 0. The number of carbonyl (C=O) groups excluding carboxylic acids is 1. The number of aryl methyl sites for hydroxylation is 1. The van der Waals surface area contributed by atoms with E-state index in [0.29, 0.717) is 13.0 Å². The van der Waals surface area contributed by atoms with E-state index >= 15 is 0 Å². The summed E-state index contributed by atoms with van der Waals surface area (Å²) in [4.78, 5) is 17.4. The van der Waals surface area contributed by atoms with Crippen molar-refractivity contribution in [2.45, 2.75) is 26.4 Å². The van der Waals surface area contributed by atoms with Crippen LogP contribution in [0.25, 0.3) is 0 Å². The van der Waals surface area contributed by atoms with Gasteiger partial charge in [-0.3, -0.25) is 14.4 Å². The molecule has 0 spiro atoms. The molecule has 7 heteroatoms. The molecule has 7 nitrogen and oxygen atoms in total. The summed E-state index contributed by atoms with van der Waals surface area (Å²) in [5.41, 5.74) is 2.28. The van der Waals surface area contributed by atoms with E-state index in [4.69, 9.17) is 9.47 Å². The molecule has 4 rings (SSSR count). The summed E-state index contributed by atoms with van der Waals surface area (Å²) in [7, 11) is 1.65. The number of ether oxygens (including phenoxy) is 2. The van der Waals surface area contributed by atoms with Crippen molar-refractivity contribution >= 4 is 5.91 Å². The van der Waals surface area contributed by atoms with E-state index in [2.05, 4.69) is 23.1 Å². The zero-order valence-electron chi connectivity index (χ0n) is 16.6. The van der Waals surface area contributed by atoms with Gasteiger partial charge in [0, 0.05) is 51.0 Å². The van der Waals surface area contributed by atoms with E-state index in [9.17, 15) is 4.79 Å². The number of rotatable bonds is 5. The van der Waals surface area contributed by atoms with Crippen LogP contribution in [-0.2, 0) is 24.3 Å². The van der Waals surface area contributed by atoms with Crippen LogP contribution in [0.15, 0.2) is 30.6 Å². The third-order valence-corrected chi connectivity index (χ3v) is 5.62. The highest BCUT2D eigenvalue weighted by Crippen LogP contribution is 2.31. The molecular formula is C21H28N4O3. The predicted octanol–water partition coefficient (Wildman–Crippen LogP) is 1.81. The standard InChI is InChI=1S/C21H28N4O3/c1-3-25-14-16(12-22-25)13-23-6-8-24(9-7-23)21(26)18-10-17-11-19(27-2)4-5-20(17)28-15-18/h4-5,11-12,14,18H,3,6-10,13,15H2,1-2H3/t18-/m1/s1. The van der Waals surface area contributed by atoms with E-state index in [1.54, 1.807) is 7.11 Å². The minimum Gasteiger partial charge on any atom is -0.497 e. The molecule has 1 amide bonds. The van der Waals surface area contributed by atoms with Gasteiger partial charge >= 0.3 is 0 Å². The summed E-state index contributed by atoms with van der Waals surface area (Å²) in [5, 5.41) is 4.34. The van der Waals surface area contributed by atoms with Crippen LogP contribution < -0.4 is 9.47 Å². The van der Waals surface area contributed by atoms with Crippen molar-refractivity contribution < 1.29 is 14.3 Å². The normalized spacial score (nSPS) is 19.8. The topological polar surface area (TPSA) is 59.8 Å². The fraction of sp³-hybridized carbons (Fsp3) is 0.524. The number of aromatic nitrogens is 2. The van der Waals surface area contributed by atoms with Crippen LogP contribution in [0, 0.1) is 5.92 Å². The number of methoxy groups -OCH3 is 1. The molecule has 1 fully saturated rings. The van der Waals surface area contributed by atoms with Gasteiger partial charge < -0.3 is 14.4 Å². The van der Waals surface area contributed by atoms with Crippen LogP contribution in [0.3, 0.4) is 0 Å². The fourth-order valence-corrected chi connectivity index (χ4v) is 3.96. The minimum absolute atomic E-state index is 0.117. The van der Waals surface area contributed by atoms with Gasteiger partial charge in [-0.15, -0.1) is 0 Å². The van der Waals surface area contributed by atoms with Crippen LogP contribution in [0.2, 0.25) is 0 Å². The Hall–Kier alpha value is -2.54. The van der Waals surface area contributed by atoms with Crippen LogP contribution in [0.1, 0.15) is 18.1 Å². The van der Waals surface area contributed by atoms with Crippen LogP contribution >= 0.6 is 0 Å². The van der Waals surface area contributed by atoms with Gasteiger partial charge in [0.05, 0.1) is 19.2 Å².